The summed E-state index contributed by atoms with van der Waals surface area (Å²) in [7, 11) is 1.67. The van der Waals surface area contributed by atoms with Gasteiger partial charge in [-0.15, -0.1) is 0 Å². The molecular weight excluding hydrogens is 214 g/mol. The molecule has 1 aromatic carbocycles. The standard InChI is InChI=1S/C13H19N3O/c1-17-8-7-16(11-13(15)9-14)10-12-5-3-2-4-6-12/h2-6,13H,7-8,10-11,15H2,1H3. The van der Waals surface area contributed by atoms with E-state index in [2.05, 4.69) is 23.1 Å². The van der Waals surface area contributed by atoms with Crippen LogP contribution >= 0.6 is 0 Å². The van der Waals surface area contributed by atoms with Crippen LogP contribution in [0.2, 0.25) is 0 Å². The van der Waals surface area contributed by atoms with Crippen LogP contribution in [0.4, 0.5) is 0 Å². The molecule has 0 saturated heterocycles. The maximum absolute atomic E-state index is 8.74. The molecule has 0 spiro atoms. The topological polar surface area (TPSA) is 62.3 Å². The first-order chi connectivity index (χ1) is 8.26. The molecule has 2 N–H and O–H groups in total. The van der Waals surface area contributed by atoms with E-state index in [-0.39, 0.29) is 0 Å². The van der Waals surface area contributed by atoms with Crippen molar-refractivity contribution in [2.45, 2.75) is 12.6 Å². The number of nitriles is 1. The van der Waals surface area contributed by atoms with Crippen LogP contribution in [0.15, 0.2) is 30.3 Å². The van der Waals surface area contributed by atoms with Crippen LogP contribution in [-0.4, -0.2) is 37.7 Å². The van der Waals surface area contributed by atoms with Gasteiger partial charge in [0, 0.05) is 26.7 Å². The first-order valence-corrected chi connectivity index (χ1v) is 5.66. The van der Waals surface area contributed by atoms with Crippen molar-refractivity contribution in [1.82, 2.24) is 4.90 Å². The van der Waals surface area contributed by atoms with E-state index in [9.17, 15) is 0 Å². The highest BCUT2D eigenvalue weighted by Crippen LogP contribution is 2.04. The van der Waals surface area contributed by atoms with Crippen LogP contribution in [-0.2, 0) is 11.3 Å². The van der Waals surface area contributed by atoms with Crippen LogP contribution in [0, 0.1) is 11.3 Å². The first-order valence-electron chi connectivity index (χ1n) is 5.66. The molecule has 1 atom stereocenters. The summed E-state index contributed by atoms with van der Waals surface area (Å²) < 4.78 is 5.06. The molecule has 17 heavy (non-hydrogen) atoms. The second-order valence-corrected chi connectivity index (χ2v) is 3.95. The van der Waals surface area contributed by atoms with E-state index in [1.54, 1.807) is 7.11 Å². The fourth-order valence-electron chi connectivity index (χ4n) is 1.62. The molecule has 0 heterocycles. The van der Waals surface area contributed by atoms with E-state index in [1.165, 1.54) is 5.56 Å². The normalized spacial score (nSPS) is 12.4. The Bertz CT molecular complexity index is 347. The summed E-state index contributed by atoms with van der Waals surface area (Å²) in [6, 6.07) is 11.7. The van der Waals surface area contributed by atoms with Gasteiger partial charge in [0.1, 0.15) is 6.04 Å². The van der Waals surface area contributed by atoms with Gasteiger partial charge in [0.15, 0.2) is 0 Å². The van der Waals surface area contributed by atoms with Crippen molar-refractivity contribution in [2.24, 2.45) is 5.73 Å². The largest absolute Gasteiger partial charge is 0.383 e. The molecule has 0 saturated carbocycles. The summed E-state index contributed by atoms with van der Waals surface area (Å²) in [5, 5.41) is 8.74. The van der Waals surface area contributed by atoms with E-state index in [0.29, 0.717) is 13.2 Å². The Morgan fingerprint density at radius 1 is 1.41 bits per heavy atom. The van der Waals surface area contributed by atoms with Crippen LogP contribution in [0.3, 0.4) is 0 Å². The monoisotopic (exact) mass is 233 g/mol. The van der Waals surface area contributed by atoms with Crippen molar-refractivity contribution in [1.29, 1.82) is 5.26 Å². The van der Waals surface area contributed by atoms with Gasteiger partial charge in [-0.3, -0.25) is 4.90 Å². The molecule has 0 aliphatic heterocycles. The van der Waals surface area contributed by atoms with Crippen molar-refractivity contribution in [3.8, 4) is 6.07 Å². The lowest BCUT2D eigenvalue weighted by molar-refractivity contribution is 0.143. The highest BCUT2D eigenvalue weighted by molar-refractivity contribution is 5.14. The van der Waals surface area contributed by atoms with Crippen molar-refractivity contribution in [2.75, 3.05) is 26.8 Å². The van der Waals surface area contributed by atoms with E-state index in [4.69, 9.17) is 15.7 Å². The van der Waals surface area contributed by atoms with Gasteiger partial charge in [0.2, 0.25) is 0 Å². The molecule has 0 radical (unpaired) electrons. The van der Waals surface area contributed by atoms with Crippen molar-refractivity contribution in [3.05, 3.63) is 35.9 Å². The smallest absolute Gasteiger partial charge is 0.106 e. The number of nitrogens with two attached hydrogens (primary N) is 1. The highest BCUT2D eigenvalue weighted by Gasteiger charge is 2.10. The fraction of sp³-hybridized carbons (Fsp3) is 0.462. The number of hydrogen-bond donors (Lipinski definition) is 1. The van der Waals surface area contributed by atoms with E-state index >= 15 is 0 Å². The molecule has 4 heteroatoms. The molecule has 0 amide bonds. The second-order valence-electron chi connectivity index (χ2n) is 3.95. The molecule has 92 valence electrons. The summed E-state index contributed by atoms with van der Waals surface area (Å²) in [6.07, 6.45) is 0. The third-order valence-corrected chi connectivity index (χ3v) is 2.48. The maximum atomic E-state index is 8.74. The molecule has 0 aliphatic carbocycles. The van der Waals surface area contributed by atoms with Gasteiger partial charge in [-0.2, -0.15) is 5.26 Å². The van der Waals surface area contributed by atoms with E-state index in [1.807, 2.05) is 18.2 Å². The van der Waals surface area contributed by atoms with E-state index in [0.717, 1.165) is 13.1 Å². The number of ether oxygens (including phenoxy) is 1. The quantitative estimate of drug-likeness (QED) is 0.762. The lowest BCUT2D eigenvalue weighted by Crippen LogP contribution is -2.38. The predicted molar refractivity (Wildman–Crippen MR) is 67.2 cm³/mol. The Kier molecular flexibility index (Phi) is 6.26. The minimum absolute atomic E-state index is 0.449. The molecule has 1 rings (SSSR count). The van der Waals surface area contributed by atoms with Gasteiger partial charge in [0.25, 0.3) is 0 Å². The Labute approximate surface area is 103 Å². The molecule has 0 aliphatic rings. The van der Waals surface area contributed by atoms with Gasteiger partial charge in [-0.05, 0) is 5.56 Å². The molecular formula is C13H19N3O. The zero-order valence-electron chi connectivity index (χ0n) is 10.2. The predicted octanol–water partition coefficient (Wildman–Crippen LogP) is 0.986. The molecule has 4 nitrogen and oxygen atoms in total. The van der Waals surface area contributed by atoms with Crippen molar-refractivity contribution >= 4 is 0 Å². The third kappa shape index (κ3) is 5.45. The summed E-state index contributed by atoms with van der Waals surface area (Å²) in [4.78, 5) is 2.13. The first kappa shape index (κ1) is 13.7. The van der Waals surface area contributed by atoms with Gasteiger partial charge in [-0.1, -0.05) is 30.3 Å². The zero-order chi connectivity index (χ0) is 12.5. The number of methoxy groups -OCH3 is 1. The molecule has 0 bridgehead atoms. The highest BCUT2D eigenvalue weighted by atomic mass is 16.5. The summed E-state index contributed by atoms with van der Waals surface area (Å²) in [5.74, 6) is 0. The van der Waals surface area contributed by atoms with Crippen molar-refractivity contribution in [3.63, 3.8) is 0 Å². The van der Waals surface area contributed by atoms with Gasteiger partial charge < -0.3 is 10.5 Å². The van der Waals surface area contributed by atoms with E-state index < -0.39 is 6.04 Å². The second kappa shape index (κ2) is 7.80. The average molecular weight is 233 g/mol. The lowest BCUT2D eigenvalue weighted by Gasteiger charge is -2.22. The Morgan fingerprint density at radius 2 is 2.12 bits per heavy atom. The Balaban J connectivity index is 2.54. The Morgan fingerprint density at radius 3 is 2.71 bits per heavy atom. The van der Waals surface area contributed by atoms with Gasteiger partial charge in [0.05, 0.1) is 12.7 Å². The van der Waals surface area contributed by atoms with Crippen LogP contribution < -0.4 is 5.73 Å². The Hall–Kier alpha value is -1.41. The van der Waals surface area contributed by atoms with Crippen LogP contribution in [0.5, 0.6) is 0 Å². The number of rotatable bonds is 7. The minimum Gasteiger partial charge on any atom is -0.383 e. The minimum atomic E-state index is -0.449. The number of benzene rings is 1. The lowest BCUT2D eigenvalue weighted by atomic mass is 10.2. The fourth-order valence-corrected chi connectivity index (χ4v) is 1.62. The number of hydrogen-bond acceptors (Lipinski definition) is 4. The SMILES string of the molecule is COCCN(Cc1ccccc1)CC(N)C#N. The average Bonchev–Trinajstić information content (AvgIpc) is 2.37. The molecule has 1 unspecified atom stereocenters. The van der Waals surface area contributed by atoms with Crippen molar-refractivity contribution < 1.29 is 4.74 Å². The summed E-state index contributed by atoms with van der Waals surface area (Å²) in [6.45, 7) is 2.78. The number of nitrogens with zero attached hydrogens (tertiary/aromatic N) is 2. The third-order valence-electron chi connectivity index (χ3n) is 2.48. The molecule has 0 fully saturated rings. The maximum Gasteiger partial charge on any atom is 0.106 e. The zero-order valence-corrected chi connectivity index (χ0v) is 10.2. The van der Waals surface area contributed by atoms with Crippen LogP contribution in [0.1, 0.15) is 5.56 Å². The van der Waals surface area contributed by atoms with Gasteiger partial charge >= 0.3 is 0 Å². The molecule has 1 aromatic rings. The summed E-state index contributed by atoms with van der Waals surface area (Å²) >= 11 is 0. The van der Waals surface area contributed by atoms with Gasteiger partial charge in [-0.25, -0.2) is 0 Å². The summed E-state index contributed by atoms with van der Waals surface area (Å²) in [5.41, 5.74) is 6.87. The van der Waals surface area contributed by atoms with Crippen LogP contribution in [0.25, 0.3) is 0 Å². The molecule has 0 aromatic heterocycles.